The first kappa shape index (κ1) is 36.6. The van der Waals surface area contributed by atoms with E-state index in [-0.39, 0.29) is 52.8 Å². The molecule has 0 fully saturated rings. The van der Waals surface area contributed by atoms with Gasteiger partial charge in [0.05, 0.1) is 28.0 Å². The van der Waals surface area contributed by atoms with Crippen molar-refractivity contribution in [1.29, 1.82) is 0 Å². The number of anilines is 1. The summed E-state index contributed by atoms with van der Waals surface area (Å²) >= 11 is 6.02. The van der Waals surface area contributed by atoms with E-state index in [1.807, 2.05) is 32.0 Å². The van der Waals surface area contributed by atoms with Crippen LogP contribution in [0.2, 0.25) is 5.15 Å². The number of carboxylic acid groups (broad SMARTS) is 1. The van der Waals surface area contributed by atoms with Gasteiger partial charge in [-0.1, -0.05) is 56.6 Å². The predicted octanol–water partition coefficient (Wildman–Crippen LogP) is 6.49. The van der Waals surface area contributed by atoms with Crippen LogP contribution < -0.4 is 14.8 Å². The van der Waals surface area contributed by atoms with Crippen molar-refractivity contribution >= 4 is 45.9 Å². The van der Waals surface area contributed by atoms with Gasteiger partial charge in [-0.15, -0.1) is 12.4 Å². The molecule has 4 aromatic rings. The molecule has 0 aliphatic carbocycles. The molecule has 2 aromatic heterocycles. The van der Waals surface area contributed by atoms with E-state index in [1.54, 1.807) is 12.3 Å². The zero-order chi connectivity index (χ0) is 32.8. The molecule has 1 atom stereocenters. The fourth-order valence-electron chi connectivity index (χ4n) is 4.62. The Balaban J connectivity index is 0.00000576. The summed E-state index contributed by atoms with van der Waals surface area (Å²) < 4.78 is 35.2. The Morgan fingerprint density at radius 1 is 1.02 bits per heavy atom. The lowest BCUT2D eigenvalue weighted by atomic mass is 9.89. The fraction of sp³-hybridized carbons (Fsp3) is 0.344. The van der Waals surface area contributed by atoms with Gasteiger partial charge < -0.3 is 15.2 Å². The van der Waals surface area contributed by atoms with Gasteiger partial charge in [0.15, 0.2) is 0 Å². The molecule has 2 aromatic carbocycles. The molecule has 46 heavy (non-hydrogen) atoms. The largest absolute Gasteiger partial charge is 0.478 e. The van der Waals surface area contributed by atoms with Crippen molar-refractivity contribution in [3.05, 3.63) is 88.5 Å². The zero-order valence-electron chi connectivity index (χ0n) is 26.2. The number of nitrogens with one attached hydrogen (secondary N) is 2. The molecule has 14 heteroatoms. The maximum absolute atomic E-state index is 13.3. The average molecular weight is 690 g/mol. The summed E-state index contributed by atoms with van der Waals surface area (Å²) in [7, 11) is -4.23. The average Bonchev–Trinajstić information content (AvgIpc) is 2.96. The van der Waals surface area contributed by atoms with Gasteiger partial charge in [0.25, 0.3) is 10.0 Å². The number of aryl methyl sites for hydroxylation is 2. The number of carboxylic acids is 1. The molecule has 0 aliphatic rings. The summed E-state index contributed by atoms with van der Waals surface area (Å²) in [5.41, 5.74) is 3.78. The van der Waals surface area contributed by atoms with Gasteiger partial charge in [-0.3, -0.25) is 4.98 Å². The van der Waals surface area contributed by atoms with Crippen LogP contribution in [0.1, 0.15) is 60.8 Å². The Morgan fingerprint density at radius 3 is 2.37 bits per heavy atom. The molecule has 0 amide bonds. The zero-order valence-corrected chi connectivity index (χ0v) is 28.6. The number of aromatic carboxylic acids is 1. The van der Waals surface area contributed by atoms with E-state index in [0.29, 0.717) is 23.1 Å². The summed E-state index contributed by atoms with van der Waals surface area (Å²) in [4.78, 5) is 28.5. The van der Waals surface area contributed by atoms with Crippen LogP contribution in [0.5, 0.6) is 5.88 Å². The Labute approximate surface area is 280 Å². The molecule has 0 saturated carbocycles. The number of rotatable bonds is 13. The molecule has 4 rings (SSSR count). The molecule has 0 unspecified atom stereocenters. The van der Waals surface area contributed by atoms with Crippen molar-refractivity contribution in [2.75, 3.05) is 11.3 Å². The molecule has 0 spiro atoms. The van der Waals surface area contributed by atoms with Crippen LogP contribution in [0, 0.1) is 19.3 Å². The molecule has 3 N–H and O–H groups in total. The highest BCUT2D eigenvalue weighted by Crippen LogP contribution is 2.30. The number of ether oxygens (including phenoxy) is 1. The summed E-state index contributed by atoms with van der Waals surface area (Å²) in [5, 5.41) is 13.1. The second-order valence-corrected chi connectivity index (χ2v) is 14.0. The van der Waals surface area contributed by atoms with Crippen LogP contribution in [0.4, 0.5) is 5.95 Å². The second-order valence-electron chi connectivity index (χ2n) is 11.9. The lowest BCUT2D eigenvalue weighted by Gasteiger charge is -2.24. The van der Waals surface area contributed by atoms with Crippen molar-refractivity contribution in [3.63, 3.8) is 0 Å². The molecule has 0 radical (unpaired) electrons. The van der Waals surface area contributed by atoms with Gasteiger partial charge >= 0.3 is 5.97 Å². The quantitative estimate of drug-likeness (QED) is 0.142. The number of aromatic nitrogens is 4. The number of nitrogens with zero attached hydrogens (tertiary/aromatic N) is 4. The Hall–Kier alpha value is -3.84. The van der Waals surface area contributed by atoms with E-state index < -0.39 is 16.0 Å². The van der Waals surface area contributed by atoms with Crippen LogP contribution in [0.15, 0.2) is 65.8 Å². The van der Waals surface area contributed by atoms with E-state index in [9.17, 15) is 18.3 Å². The van der Waals surface area contributed by atoms with Crippen LogP contribution in [-0.2, 0) is 16.6 Å². The van der Waals surface area contributed by atoms with Crippen molar-refractivity contribution in [2.24, 2.45) is 5.41 Å². The third kappa shape index (κ3) is 10.3. The lowest BCUT2D eigenvalue weighted by Crippen LogP contribution is -2.35. The minimum absolute atomic E-state index is 0. The molecule has 246 valence electrons. The predicted molar refractivity (Wildman–Crippen MR) is 180 cm³/mol. The van der Waals surface area contributed by atoms with Gasteiger partial charge in [-0.2, -0.15) is 4.98 Å². The first-order valence-corrected chi connectivity index (χ1v) is 16.2. The Bertz CT molecular complexity index is 1760. The number of hydrogen-bond acceptors (Lipinski definition) is 9. The first-order chi connectivity index (χ1) is 21.2. The number of hydrogen-bond donors (Lipinski definition) is 3. The fourth-order valence-corrected chi connectivity index (χ4v) is 5.77. The molecule has 0 aliphatic heterocycles. The van der Waals surface area contributed by atoms with E-state index in [0.717, 1.165) is 35.6 Å². The van der Waals surface area contributed by atoms with E-state index >= 15 is 0 Å². The maximum Gasteiger partial charge on any atom is 0.335 e. The van der Waals surface area contributed by atoms with Crippen molar-refractivity contribution in [3.8, 4) is 17.1 Å². The van der Waals surface area contributed by atoms with Crippen LogP contribution in [0.3, 0.4) is 0 Å². The number of halogens is 2. The van der Waals surface area contributed by atoms with Gasteiger partial charge in [0, 0.05) is 30.4 Å². The van der Waals surface area contributed by atoms with Crippen LogP contribution in [-0.4, -0.2) is 52.1 Å². The van der Waals surface area contributed by atoms with E-state index in [1.165, 1.54) is 24.4 Å². The van der Waals surface area contributed by atoms with Crippen LogP contribution >= 0.6 is 24.0 Å². The number of benzene rings is 2. The second kappa shape index (κ2) is 15.6. The van der Waals surface area contributed by atoms with Gasteiger partial charge in [-0.25, -0.2) is 27.9 Å². The number of carbonyl (C=O) groups is 1. The minimum atomic E-state index is -4.23. The monoisotopic (exact) mass is 688 g/mol. The topological polar surface area (TPSA) is 156 Å². The van der Waals surface area contributed by atoms with Crippen molar-refractivity contribution in [1.82, 2.24) is 25.3 Å². The molecule has 2 heterocycles. The third-order valence-electron chi connectivity index (χ3n) is 6.96. The van der Waals surface area contributed by atoms with Gasteiger partial charge in [-0.05, 0) is 61.4 Å². The normalized spacial score (nSPS) is 12.2. The van der Waals surface area contributed by atoms with E-state index in [4.69, 9.17) is 16.3 Å². The maximum atomic E-state index is 13.3. The first-order valence-electron chi connectivity index (χ1n) is 14.3. The summed E-state index contributed by atoms with van der Waals surface area (Å²) in [6.07, 6.45) is 4.81. The minimum Gasteiger partial charge on any atom is -0.478 e. The molecular weight excluding hydrogens is 651 g/mol. The van der Waals surface area contributed by atoms with E-state index in [2.05, 4.69) is 50.7 Å². The Morgan fingerprint density at radius 2 is 1.72 bits per heavy atom. The van der Waals surface area contributed by atoms with Crippen molar-refractivity contribution in [2.45, 2.75) is 64.9 Å². The molecular formula is C32H38Cl2N6O5S. The highest BCUT2D eigenvalue weighted by molar-refractivity contribution is 7.92. The number of sulfonamides is 1. The van der Waals surface area contributed by atoms with Gasteiger partial charge in [0.2, 0.25) is 11.8 Å². The third-order valence-corrected chi connectivity index (χ3v) is 8.47. The molecule has 0 saturated heterocycles. The van der Waals surface area contributed by atoms with Crippen LogP contribution in [0.25, 0.3) is 11.3 Å². The highest BCUT2D eigenvalue weighted by atomic mass is 35.5. The van der Waals surface area contributed by atoms with Crippen molar-refractivity contribution < 1.29 is 23.1 Å². The SMILES string of the molecule is Cc1cccc(C)c1-c1cc(OC[C@@H](CCC(C)(C)C)NCc2cncc(Cl)n2)nc(NS(=O)(=O)c2cccc(C(=O)O)c2)n1.Cl. The lowest BCUT2D eigenvalue weighted by molar-refractivity contribution is 0.0696. The summed E-state index contributed by atoms with van der Waals surface area (Å²) in [6.45, 7) is 11.0. The Kier molecular flexibility index (Phi) is 12.4. The molecule has 0 bridgehead atoms. The summed E-state index contributed by atoms with van der Waals surface area (Å²) in [5.74, 6) is -1.28. The van der Waals surface area contributed by atoms with Gasteiger partial charge in [0.1, 0.15) is 11.8 Å². The molecule has 11 nitrogen and oxygen atoms in total. The summed E-state index contributed by atoms with van der Waals surface area (Å²) in [6, 6.07) is 12.4. The smallest absolute Gasteiger partial charge is 0.335 e. The standard InChI is InChI=1S/C32H37ClN6O5S.ClH/c1-20-8-6-9-21(2)29(20)26-15-28(38-31(37-26)39-45(42,43)25-11-7-10-22(14-25)30(40)41)44-19-23(12-13-32(3,4)5)35-17-24-16-34-18-27(33)36-24;/h6-11,14-16,18,23,35H,12-13,17,19H2,1-5H3,(H,40,41)(H,37,38,39);1H/t23-;/m1./s1. The highest BCUT2D eigenvalue weighted by Gasteiger charge is 2.21.